The van der Waals surface area contributed by atoms with Gasteiger partial charge in [-0.3, -0.25) is 4.31 Å². The molecule has 0 aliphatic carbocycles. The lowest BCUT2D eigenvalue weighted by molar-refractivity contribution is 0.415. The van der Waals surface area contributed by atoms with Crippen molar-refractivity contribution < 1.29 is 17.7 Å². The molecule has 160 valence electrons. The zero-order chi connectivity index (χ0) is 22.2. The van der Waals surface area contributed by atoms with Gasteiger partial charge in [0.25, 0.3) is 15.9 Å². The molecule has 0 saturated carbocycles. The van der Waals surface area contributed by atoms with Gasteiger partial charge >= 0.3 is 0 Å². The van der Waals surface area contributed by atoms with Gasteiger partial charge in [0, 0.05) is 12.6 Å². The van der Waals surface area contributed by atoms with Crippen LogP contribution in [0.25, 0.3) is 22.2 Å². The Kier molecular flexibility index (Phi) is 5.74. The standard InChI is InChI=1S/C21H18ClN3O4S2/c1-13-4-6-14(7-5-13)20-23-21(29-24-20)19-18(10-11-30-19)31(26,27)25(2)15-8-9-17(28-3)16(22)12-15/h4-12H,1-3H3. The van der Waals surface area contributed by atoms with Crippen molar-refractivity contribution in [1.82, 2.24) is 10.1 Å². The number of ether oxygens (including phenoxy) is 1. The minimum absolute atomic E-state index is 0.0750. The van der Waals surface area contributed by atoms with Crippen molar-refractivity contribution in [2.75, 3.05) is 18.5 Å². The molecular formula is C21H18ClN3O4S2. The molecular weight excluding hydrogens is 458 g/mol. The second-order valence-corrected chi connectivity index (χ2v) is 9.96. The molecule has 2 aromatic carbocycles. The molecule has 0 radical (unpaired) electrons. The minimum Gasteiger partial charge on any atom is -0.495 e. The lowest BCUT2D eigenvalue weighted by Gasteiger charge is -2.20. The number of halogens is 1. The molecule has 4 aromatic rings. The van der Waals surface area contributed by atoms with Crippen LogP contribution < -0.4 is 9.04 Å². The summed E-state index contributed by atoms with van der Waals surface area (Å²) in [6.45, 7) is 1.99. The van der Waals surface area contributed by atoms with Gasteiger partial charge in [-0.2, -0.15) is 4.98 Å². The van der Waals surface area contributed by atoms with Crippen molar-refractivity contribution in [2.24, 2.45) is 0 Å². The summed E-state index contributed by atoms with van der Waals surface area (Å²) in [5.74, 6) is 0.995. The molecule has 0 aliphatic heterocycles. The van der Waals surface area contributed by atoms with Crippen LogP contribution in [0.3, 0.4) is 0 Å². The summed E-state index contributed by atoms with van der Waals surface area (Å²) in [4.78, 5) is 4.86. The predicted octanol–water partition coefficient (Wildman–Crippen LogP) is 5.26. The molecule has 0 fully saturated rings. The molecule has 0 amide bonds. The summed E-state index contributed by atoms with van der Waals surface area (Å²) >= 11 is 7.38. The third-order valence-corrected chi connectivity index (χ3v) is 7.85. The molecule has 0 saturated heterocycles. The second kappa shape index (κ2) is 8.33. The van der Waals surface area contributed by atoms with Crippen LogP contribution in [0.5, 0.6) is 5.75 Å². The third kappa shape index (κ3) is 4.04. The van der Waals surface area contributed by atoms with E-state index in [1.54, 1.807) is 17.5 Å². The van der Waals surface area contributed by atoms with Gasteiger partial charge < -0.3 is 9.26 Å². The maximum absolute atomic E-state index is 13.3. The number of benzene rings is 2. The van der Waals surface area contributed by atoms with Crippen LogP contribution in [-0.4, -0.2) is 32.7 Å². The number of sulfonamides is 1. The van der Waals surface area contributed by atoms with E-state index in [9.17, 15) is 8.42 Å². The highest BCUT2D eigenvalue weighted by molar-refractivity contribution is 7.93. The van der Waals surface area contributed by atoms with Crippen molar-refractivity contribution in [3.05, 3.63) is 64.5 Å². The van der Waals surface area contributed by atoms with Gasteiger partial charge in [0.05, 0.1) is 17.8 Å². The quantitative estimate of drug-likeness (QED) is 0.378. The van der Waals surface area contributed by atoms with E-state index in [1.807, 2.05) is 31.2 Å². The van der Waals surface area contributed by atoms with E-state index >= 15 is 0 Å². The summed E-state index contributed by atoms with van der Waals surface area (Å²) in [5.41, 5.74) is 2.29. The Morgan fingerprint density at radius 2 is 1.87 bits per heavy atom. The van der Waals surface area contributed by atoms with Crippen LogP contribution in [0.15, 0.2) is 63.3 Å². The molecule has 7 nitrogen and oxygen atoms in total. The van der Waals surface area contributed by atoms with Crippen LogP contribution >= 0.6 is 22.9 Å². The first kappa shape index (κ1) is 21.4. The van der Waals surface area contributed by atoms with Gasteiger partial charge in [0.15, 0.2) is 0 Å². The molecule has 0 bridgehead atoms. The highest BCUT2D eigenvalue weighted by atomic mass is 35.5. The van der Waals surface area contributed by atoms with Gasteiger partial charge in [-0.1, -0.05) is 46.6 Å². The number of rotatable bonds is 6. The van der Waals surface area contributed by atoms with E-state index in [2.05, 4.69) is 10.1 Å². The first-order valence-corrected chi connectivity index (χ1v) is 11.8. The number of aromatic nitrogens is 2. The lowest BCUT2D eigenvalue weighted by Crippen LogP contribution is -2.26. The lowest BCUT2D eigenvalue weighted by atomic mass is 10.1. The van der Waals surface area contributed by atoms with Crippen LogP contribution in [0.4, 0.5) is 5.69 Å². The van der Waals surface area contributed by atoms with Gasteiger partial charge in [-0.15, -0.1) is 11.3 Å². The van der Waals surface area contributed by atoms with Crippen molar-refractivity contribution in [1.29, 1.82) is 0 Å². The Balaban J connectivity index is 1.69. The highest BCUT2D eigenvalue weighted by Crippen LogP contribution is 2.37. The number of anilines is 1. The summed E-state index contributed by atoms with van der Waals surface area (Å²) in [6, 6.07) is 14.0. The normalized spacial score (nSPS) is 11.5. The van der Waals surface area contributed by atoms with Crippen molar-refractivity contribution in [2.45, 2.75) is 11.8 Å². The van der Waals surface area contributed by atoms with E-state index in [4.69, 9.17) is 20.9 Å². The fourth-order valence-corrected chi connectivity index (χ4v) is 5.68. The first-order valence-electron chi connectivity index (χ1n) is 9.12. The number of thiophene rings is 1. The fourth-order valence-electron chi connectivity index (χ4n) is 2.93. The maximum atomic E-state index is 13.3. The Hall–Kier alpha value is -2.88. The Labute approximate surface area is 188 Å². The van der Waals surface area contributed by atoms with E-state index in [0.717, 1.165) is 15.4 Å². The molecule has 2 aromatic heterocycles. The van der Waals surface area contributed by atoms with Gasteiger partial charge in [0.1, 0.15) is 15.5 Å². The zero-order valence-electron chi connectivity index (χ0n) is 16.9. The van der Waals surface area contributed by atoms with Crippen LogP contribution in [0, 0.1) is 6.92 Å². The van der Waals surface area contributed by atoms with E-state index < -0.39 is 10.0 Å². The number of aryl methyl sites for hydroxylation is 1. The number of methoxy groups -OCH3 is 1. The molecule has 0 aliphatic rings. The summed E-state index contributed by atoms with van der Waals surface area (Å²) in [7, 11) is -0.955. The summed E-state index contributed by atoms with van der Waals surface area (Å²) in [6.07, 6.45) is 0. The van der Waals surface area contributed by atoms with E-state index in [1.165, 1.54) is 37.6 Å². The fraction of sp³-hybridized carbons (Fsp3) is 0.143. The minimum atomic E-state index is -3.91. The SMILES string of the molecule is COc1ccc(N(C)S(=O)(=O)c2ccsc2-c2nc(-c3ccc(C)cc3)no2)cc1Cl. The molecule has 0 unspecified atom stereocenters. The van der Waals surface area contributed by atoms with Crippen LogP contribution in [0.1, 0.15) is 5.56 Å². The van der Waals surface area contributed by atoms with Crippen molar-refractivity contribution >= 4 is 38.6 Å². The van der Waals surface area contributed by atoms with Gasteiger partial charge in [-0.25, -0.2) is 8.42 Å². The van der Waals surface area contributed by atoms with E-state index in [-0.39, 0.29) is 10.8 Å². The Bertz CT molecular complexity index is 1330. The highest BCUT2D eigenvalue weighted by Gasteiger charge is 2.29. The Morgan fingerprint density at radius 1 is 1.13 bits per heavy atom. The number of hydrogen-bond donors (Lipinski definition) is 0. The van der Waals surface area contributed by atoms with Crippen molar-refractivity contribution in [3.63, 3.8) is 0 Å². The van der Waals surface area contributed by atoms with Gasteiger partial charge in [-0.05, 0) is 36.6 Å². The molecule has 10 heteroatoms. The Morgan fingerprint density at radius 3 is 2.55 bits per heavy atom. The number of nitrogens with zero attached hydrogens (tertiary/aromatic N) is 3. The molecule has 4 rings (SSSR count). The predicted molar refractivity (Wildman–Crippen MR) is 121 cm³/mol. The van der Waals surface area contributed by atoms with Gasteiger partial charge in [0.2, 0.25) is 5.82 Å². The number of hydrogen-bond acceptors (Lipinski definition) is 7. The van der Waals surface area contributed by atoms with Crippen LogP contribution in [0.2, 0.25) is 5.02 Å². The maximum Gasteiger partial charge on any atom is 0.269 e. The molecule has 0 N–H and O–H groups in total. The monoisotopic (exact) mass is 475 g/mol. The average molecular weight is 476 g/mol. The summed E-state index contributed by atoms with van der Waals surface area (Å²) < 4.78 is 38.4. The third-order valence-electron chi connectivity index (χ3n) is 4.70. The topological polar surface area (TPSA) is 85.5 Å². The smallest absolute Gasteiger partial charge is 0.269 e. The van der Waals surface area contributed by atoms with E-state index in [0.29, 0.717) is 27.2 Å². The second-order valence-electron chi connectivity index (χ2n) is 6.69. The molecule has 0 spiro atoms. The zero-order valence-corrected chi connectivity index (χ0v) is 19.3. The molecule has 2 heterocycles. The first-order chi connectivity index (χ1) is 14.8. The largest absolute Gasteiger partial charge is 0.495 e. The summed E-state index contributed by atoms with van der Waals surface area (Å²) in [5, 5.41) is 6.00. The molecule has 0 atom stereocenters. The van der Waals surface area contributed by atoms with Crippen LogP contribution in [-0.2, 0) is 10.0 Å². The molecule has 31 heavy (non-hydrogen) atoms. The van der Waals surface area contributed by atoms with Crippen molar-refractivity contribution in [3.8, 4) is 27.9 Å². The average Bonchev–Trinajstić information content (AvgIpc) is 3.43.